The van der Waals surface area contributed by atoms with E-state index in [4.69, 9.17) is 4.74 Å². The van der Waals surface area contributed by atoms with Crippen LogP contribution >= 0.6 is 0 Å². The molecule has 1 amide bonds. The van der Waals surface area contributed by atoms with Gasteiger partial charge in [-0.1, -0.05) is 219 Å². The van der Waals surface area contributed by atoms with Gasteiger partial charge in [-0.25, -0.2) is 0 Å². The first-order chi connectivity index (χ1) is 27.0. The van der Waals surface area contributed by atoms with Gasteiger partial charge in [0.1, 0.15) is 6.10 Å². The highest BCUT2D eigenvalue weighted by Gasteiger charge is 2.24. The average molecular weight is 778 g/mol. The van der Waals surface area contributed by atoms with Crippen LogP contribution in [0.25, 0.3) is 0 Å². The minimum Gasteiger partial charge on any atom is -0.462 e. The molecule has 55 heavy (non-hydrogen) atoms. The van der Waals surface area contributed by atoms with Crippen LogP contribution in [0.3, 0.4) is 0 Å². The first kappa shape index (κ1) is 53.6. The zero-order valence-corrected chi connectivity index (χ0v) is 37.1. The van der Waals surface area contributed by atoms with Crippen LogP contribution < -0.4 is 5.32 Å². The highest BCUT2D eigenvalue weighted by Crippen LogP contribution is 2.18. The topological polar surface area (TPSA) is 95.9 Å². The number of unbranched alkanes of at least 4 members (excludes halogenated alkanes) is 30. The summed E-state index contributed by atoms with van der Waals surface area (Å²) in [6, 6.07) is -0.698. The first-order valence-electron chi connectivity index (χ1n) is 24.4. The number of carbonyl (C=O) groups excluding carboxylic acids is 2. The van der Waals surface area contributed by atoms with E-state index in [0.717, 1.165) is 64.2 Å². The molecular formula is C49H95NO5. The number of hydrogen-bond donors (Lipinski definition) is 3. The second-order valence-corrected chi connectivity index (χ2v) is 16.9. The molecular weight excluding hydrogens is 683 g/mol. The van der Waals surface area contributed by atoms with Crippen molar-refractivity contribution in [1.29, 1.82) is 0 Å². The highest BCUT2D eigenvalue weighted by molar-refractivity contribution is 5.77. The molecule has 0 saturated heterocycles. The molecule has 3 atom stereocenters. The summed E-state index contributed by atoms with van der Waals surface area (Å²) < 4.78 is 5.88. The Balaban J connectivity index is 4.38. The van der Waals surface area contributed by atoms with E-state index in [0.29, 0.717) is 19.3 Å². The third kappa shape index (κ3) is 39.2. The fourth-order valence-corrected chi connectivity index (χ4v) is 7.61. The lowest BCUT2D eigenvalue weighted by molar-refractivity contribution is -0.151. The number of amides is 1. The summed E-state index contributed by atoms with van der Waals surface area (Å²) in [5, 5.41) is 23.7. The van der Waals surface area contributed by atoms with Crippen LogP contribution in [0.1, 0.15) is 265 Å². The normalized spacial score (nSPS) is 13.3. The van der Waals surface area contributed by atoms with Crippen LogP contribution in [-0.2, 0) is 14.3 Å². The number of ether oxygens (including phenoxy) is 1. The van der Waals surface area contributed by atoms with Crippen LogP contribution in [0.4, 0.5) is 0 Å². The Kier molecular flexibility index (Phi) is 42.6. The molecule has 0 fully saturated rings. The number of allylic oxidation sites excluding steroid dienone is 2. The molecule has 0 aromatic rings. The maximum absolute atomic E-state index is 13.1. The molecule has 0 bridgehead atoms. The Labute approximate surface area is 342 Å². The van der Waals surface area contributed by atoms with E-state index >= 15 is 0 Å². The number of nitrogens with one attached hydrogen (secondary N) is 1. The maximum Gasteiger partial charge on any atom is 0.306 e. The van der Waals surface area contributed by atoms with E-state index < -0.39 is 18.2 Å². The average Bonchev–Trinajstić information content (AvgIpc) is 3.18. The molecule has 0 aliphatic heterocycles. The Bertz CT molecular complexity index is 832. The lowest BCUT2D eigenvalue weighted by Crippen LogP contribution is -2.46. The molecule has 0 spiro atoms. The van der Waals surface area contributed by atoms with Gasteiger partial charge in [0, 0.05) is 6.42 Å². The third-order valence-corrected chi connectivity index (χ3v) is 11.3. The molecule has 0 saturated carbocycles. The van der Waals surface area contributed by atoms with E-state index in [1.807, 2.05) is 0 Å². The zero-order valence-electron chi connectivity index (χ0n) is 37.1. The van der Waals surface area contributed by atoms with Gasteiger partial charge in [-0.15, -0.1) is 0 Å². The van der Waals surface area contributed by atoms with Gasteiger partial charge < -0.3 is 20.3 Å². The smallest absolute Gasteiger partial charge is 0.306 e. The Morgan fingerprint density at radius 1 is 0.509 bits per heavy atom. The lowest BCUT2D eigenvalue weighted by Gasteiger charge is -2.24. The highest BCUT2D eigenvalue weighted by atomic mass is 16.5. The van der Waals surface area contributed by atoms with Crippen LogP contribution in [-0.4, -0.2) is 46.9 Å². The van der Waals surface area contributed by atoms with Crippen molar-refractivity contribution in [2.75, 3.05) is 6.61 Å². The summed E-state index contributed by atoms with van der Waals surface area (Å²) >= 11 is 0. The fraction of sp³-hybridized carbons (Fsp3) is 0.918. The van der Waals surface area contributed by atoms with Gasteiger partial charge in [0.25, 0.3) is 0 Å². The molecule has 0 aliphatic carbocycles. The molecule has 326 valence electrons. The molecule has 0 aromatic heterocycles. The molecule has 0 radical (unpaired) electrons. The van der Waals surface area contributed by atoms with Crippen LogP contribution in [0.2, 0.25) is 0 Å². The molecule has 6 nitrogen and oxygen atoms in total. The number of aliphatic hydroxyl groups is 2. The third-order valence-electron chi connectivity index (χ3n) is 11.3. The summed E-state index contributed by atoms with van der Waals surface area (Å²) in [5.41, 5.74) is 0. The van der Waals surface area contributed by atoms with Gasteiger partial charge in [-0.2, -0.15) is 0 Å². The van der Waals surface area contributed by atoms with E-state index in [9.17, 15) is 19.8 Å². The number of esters is 1. The van der Waals surface area contributed by atoms with Gasteiger partial charge in [0.05, 0.1) is 25.2 Å². The molecule has 3 unspecified atom stereocenters. The molecule has 0 rings (SSSR count). The van der Waals surface area contributed by atoms with E-state index in [2.05, 4.69) is 38.2 Å². The molecule has 6 heteroatoms. The van der Waals surface area contributed by atoms with Gasteiger partial charge >= 0.3 is 5.97 Å². The van der Waals surface area contributed by atoms with Crippen molar-refractivity contribution in [3.05, 3.63) is 12.2 Å². The molecule has 0 aromatic carbocycles. The molecule has 0 heterocycles. The largest absolute Gasteiger partial charge is 0.462 e. The molecule has 3 N–H and O–H groups in total. The lowest BCUT2D eigenvalue weighted by atomic mass is 10.0. The predicted octanol–water partition coefficient (Wildman–Crippen LogP) is 14.2. The Morgan fingerprint density at radius 3 is 1.36 bits per heavy atom. The fourth-order valence-electron chi connectivity index (χ4n) is 7.61. The van der Waals surface area contributed by atoms with Crippen LogP contribution in [0, 0.1) is 0 Å². The first-order valence-corrected chi connectivity index (χ1v) is 24.4. The van der Waals surface area contributed by atoms with Crippen molar-refractivity contribution in [3.63, 3.8) is 0 Å². The minimum atomic E-state index is -0.784. The standard InChI is InChI=1S/C49H95NO5/c1-4-7-10-13-16-19-21-23-24-25-26-27-29-32-35-38-41-47(52)46(44-51)50-48(53)43-45(40-37-34-31-18-15-12-9-6-3)55-49(54)42-39-36-33-30-28-22-20-17-14-11-8-5-2/h12,15,45-47,51-52H,4-11,13-14,16-44H2,1-3H3,(H,50,53)/b15-12-. The second kappa shape index (κ2) is 43.7. The summed E-state index contributed by atoms with van der Waals surface area (Å²) in [5.74, 6) is -0.481. The number of aliphatic hydroxyl groups excluding tert-OH is 2. The van der Waals surface area contributed by atoms with E-state index in [1.165, 1.54) is 154 Å². The van der Waals surface area contributed by atoms with Crippen molar-refractivity contribution < 1.29 is 24.5 Å². The summed E-state index contributed by atoms with van der Waals surface area (Å²) in [4.78, 5) is 25.9. The van der Waals surface area contributed by atoms with Crippen molar-refractivity contribution in [1.82, 2.24) is 5.32 Å². The van der Waals surface area contributed by atoms with Crippen molar-refractivity contribution in [2.24, 2.45) is 0 Å². The van der Waals surface area contributed by atoms with Crippen molar-refractivity contribution in [2.45, 2.75) is 283 Å². The quantitative estimate of drug-likeness (QED) is 0.0325. The summed E-state index contributed by atoms with van der Waals surface area (Å²) in [6.07, 6.45) is 47.1. The van der Waals surface area contributed by atoms with E-state index in [1.54, 1.807) is 0 Å². The van der Waals surface area contributed by atoms with Crippen molar-refractivity contribution >= 4 is 11.9 Å². The number of hydrogen-bond acceptors (Lipinski definition) is 5. The van der Waals surface area contributed by atoms with Crippen molar-refractivity contribution in [3.8, 4) is 0 Å². The number of carbonyl (C=O) groups is 2. The van der Waals surface area contributed by atoms with E-state index in [-0.39, 0.29) is 24.9 Å². The van der Waals surface area contributed by atoms with Crippen LogP contribution in [0.15, 0.2) is 12.2 Å². The van der Waals surface area contributed by atoms with Gasteiger partial charge in [0.2, 0.25) is 5.91 Å². The SMILES string of the molecule is CCC/C=C\CCCCCC(CC(=O)NC(CO)C(O)CCCCCCCCCCCCCCCCCC)OC(=O)CCCCCCCCCCCCCC. The second-order valence-electron chi connectivity index (χ2n) is 16.9. The Hall–Kier alpha value is -1.40. The number of rotatable bonds is 44. The summed E-state index contributed by atoms with van der Waals surface area (Å²) in [6.45, 7) is 6.42. The summed E-state index contributed by atoms with van der Waals surface area (Å²) in [7, 11) is 0. The Morgan fingerprint density at radius 2 is 0.909 bits per heavy atom. The van der Waals surface area contributed by atoms with Gasteiger partial charge in [0.15, 0.2) is 0 Å². The van der Waals surface area contributed by atoms with Gasteiger partial charge in [-0.05, 0) is 44.9 Å². The maximum atomic E-state index is 13.1. The van der Waals surface area contributed by atoms with Crippen LogP contribution in [0.5, 0.6) is 0 Å². The van der Waals surface area contributed by atoms with Gasteiger partial charge in [-0.3, -0.25) is 9.59 Å². The minimum absolute atomic E-state index is 0.0723. The zero-order chi connectivity index (χ0) is 40.3. The molecule has 0 aliphatic rings. The monoisotopic (exact) mass is 778 g/mol. The predicted molar refractivity (Wildman–Crippen MR) is 237 cm³/mol.